The predicted molar refractivity (Wildman–Crippen MR) is 142 cm³/mol. The fourth-order valence-electron chi connectivity index (χ4n) is 3.83. The molecule has 37 heavy (non-hydrogen) atoms. The molecule has 1 atom stereocenters. The summed E-state index contributed by atoms with van der Waals surface area (Å²) in [5.41, 5.74) is 2.08. The molecule has 8 heteroatoms. The molecule has 0 fully saturated rings. The van der Waals surface area contributed by atoms with E-state index in [0.717, 1.165) is 16.5 Å². The van der Waals surface area contributed by atoms with Crippen LogP contribution in [0.5, 0.6) is 17.2 Å². The number of nitrogens with zero attached hydrogens (tertiary/aromatic N) is 1. The van der Waals surface area contributed by atoms with Gasteiger partial charge in [-0.2, -0.15) is 0 Å². The molecule has 0 bridgehead atoms. The molecule has 4 aromatic rings. The number of pyridine rings is 1. The summed E-state index contributed by atoms with van der Waals surface area (Å²) in [7, 11) is 3.17. The Hall–Kier alpha value is -4.59. The van der Waals surface area contributed by atoms with Crippen molar-refractivity contribution in [2.24, 2.45) is 0 Å². The summed E-state index contributed by atoms with van der Waals surface area (Å²) >= 11 is 0. The average Bonchev–Trinajstić information content (AvgIpc) is 2.93. The normalized spacial score (nSPS) is 11.4. The Balaban J connectivity index is 1.35. The second kappa shape index (κ2) is 11.9. The first-order valence-electron chi connectivity index (χ1n) is 11.9. The number of hydrogen-bond donors (Lipinski definition) is 2. The molecular weight excluding hydrogens is 470 g/mol. The van der Waals surface area contributed by atoms with E-state index in [9.17, 15) is 9.59 Å². The van der Waals surface area contributed by atoms with Gasteiger partial charge in [-0.25, -0.2) is 4.98 Å². The van der Waals surface area contributed by atoms with Gasteiger partial charge in [0.2, 0.25) is 0 Å². The smallest absolute Gasteiger partial charge is 0.260 e. The molecule has 2 N–H and O–H groups in total. The van der Waals surface area contributed by atoms with Gasteiger partial charge < -0.3 is 24.8 Å². The van der Waals surface area contributed by atoms with Crippen molar-refractivity contribution in [1.82, 2.24) is 10.3 Å². The summed E-state index contributed by atoms with van der Waals surface area (Å²) < 4.78 is 16.5. The topological polar surface area (TPSA) is 98.8 Å². The second-order valence-corrected chi connectivity index (χ2v) is 8.33. The van der Waals surface area contributed by atoms with Crippen molar-refractivity contribution < 1.29 is 23.8 Å². The molecule has 4 rings (SSSR count). The van der Waals surface area contributed by atoms with Gasteiger partial charge >= 0.3 is 0 Å². The van der Waals surface area contributed by atoms with Crippen LogP contribution in [0, 0.1) is 0 Å². The van der Waals surface area contributed by atoms with Crippen LogP contribution in [0.1, 0.15) is 22.8 Å². The van der Waals surface area contributed by atoms with E-state index in [-0.39, 0.29) is 11.8 Å². The highest BCUT2D eigenvalue weighted by Gasteiger charge is 2.19. The highest BCUT2D eigenvalue weighted by Crippen LogP contribution is 2.27. The zero-order valence-electron chi connectivity index (χ0n) is 21.0. The number of nitrogens with one attached hydrogen (secondary N) is 2. The number of ether oxygens (including phenoxy) is 3. The third kappa shape index (κ3) is 6.35. The molecule has 0 aliphatic heterocycles. The maximum Gasteiger partial charge on any atom is 0.260 e. The summed E-state index contributed by atoms with van der Waals surface area (Å²) in [5.74, 6) is 1.36. The molecule has 2 amide bonds. The maximum atomic E-state index is 13.0. The minimum absolute atomic E-state index is 0.285. The highest BCUT2D eigenvalue weighted by molar-refractivity contribution is 6.06. The van der Waals surface area contributed by atoms with Crippen molar-refractivity contribution in [3.05, 3.63) is 90.0 Å². The van der Waals surface area contributed by atoms with E-state index < -0.39 is 6.10 Å². The predicted octanol–water partition coefficient (Wildman–Crippen LogP) is 4.63. The number of carbonyl (C=O) groups is 2. The summed E-state index contributed by atoms with van der Waals surface area (Å²) in [6.45, 7) is 2.06. The van der Waals surface area contributed by atoms with Crippen LogP contribution >= 0.6 is 0 Å². The number of anilines is 1. The van der Waals surface area contributed by atoms with Gasteiger partial charge in [0, 0.05) is 11.9 Å². The first-order valence-corrected chi connectivity index (χ1v) is 11.9. The van der Waals surface area contributed by atoms with Crippen molar-refractivity contribution in [2.75, 3.05) is 26.1 Å². The van der Waals surface area contributed by atoms with Gasteiger partial charge in [-0.1, -0.05) is 36.4 Å². The van der Waals surface area contributed by atoms with Gasteiger partial charge in [-0.05, 0) is 61.4 Å². The van der Waals surface area contributed by atoms with Gasteiger partial charge in [0.05, 0.1) is 25.3 Å². The summed E-state index contributed by atoms with van der Waals surface area (Å²) in [6.07, 6.45) is -0.200. The number of rotatable bonds is 10. The van der Waals surface area contributed by atoms with Gasteiger partial charge in [-0.3, -0.25) is 9.59 Å². The van der Waals surface area contributed by atoms with Crippen molar-refractivity contribution >= 4 is 28.5 Å². The number of para-hydroxylation sites is 2. The number of amides is 2. The minimum atomic E-state index is -0.807. The number of carbonyl (C=O) groups excluding carboxylic acids is 2. The largest absolute Gasteiger partial charge is 0.493 e. The van der Waals surface area contributed by atoms with Gasteiger partial charge in [0.1, 0.15) is 11.6 Å². The minimum Gasteiger partial charge on any atom is -0.493 e. The number of benzene rings is 3. The lowest BCUT2D eigenvalue weighted by Crippen LogP contribution is -2.37. The molecule has 0 aliphatic rings. The molecule has 0 saturated heterocycles. The first-order chi connectivity index (χ1) is 18.0. The van der Waals surface area contributed by atoms with Crippen molar-refractivity contribution in [3.8, 4) is 17.2 Å². The van der Waals surface area contributed by atoms with Gasteiger partial charge in [-0.15, -0.1) is 0 Å². The molecule has 0 saturated carbocycles. The SMILES string of the molecule is COc1ccc(CCNC(=O)[C@H](C)Oc2ccccc2C(=O)Nc2ccc3ccccc3n2)cc1OC. The summed E-state index contributed by atoms with van der Waals surface area (Å²) in [4.78, 5) is 30.2. The van der Waals surface area contributed by atoms with Crippen LogP contribution in [0.4, 0.5) is 5.82 Å². The van der Waals surface area contributed by atoms with Crippen molar-refractivity contribution in [1.29, 1.82) is 0 Å². The molecule has 190 valence electrons. The van der Waals surface area contributed by atoms with Crippen LogP contribution in [0.2, 0.25) is 0 Å². The Morgan fingerprint density at radius 2 is 1.62 bits per heavy atom. The van der Waals surface area contributed by atoms with Crippen LogP contribution in [-0.4, -0.2) is 43.7 Å². The third-order valence-corrected chi connectivity index (χ3v) is 5.81. The van der Waals surface area contributed by atoms with Crippen LogP contribution in [0.3, 0.4) is 0 Å². The highest BCUT2D eigenvalue weighted by atomic mass is 16.5. The van der Waals surface area contributed by atoms with E-state index in [0.29, 0.717) is 41.6 Å². The van der Waals surface area contributed by atoms with E-state index >= 15 is 0 Å². The Labute approximate surface area is 215 Å². The lowest BCUT2D eigenvalue weighted by molar-refractivity contribution is -0.127. The van der Waals surface area contributed by atoms with Crippen molar-refractivity contribution in [2.45, 2.75) is 19.4 Å². The zero-order valence-corrected chi connectivity index (χ0v) is 21.0. The molecule has 1 aromatic heterocycles. The Morgan fingerprint density at radius 1 is 0.865 bits per heavy atom. The van der Waals surface area contributed by atoms with Crippen molar-refractivity contribution in [3.63, 3.8) is 0 Å². The molecule has 3 aromatic carbocycles. The van der Waals surface area contributed by atoms with Gasteiger partial charge in [0.15, 0.2) is 17.6 Å². The van der Waals surface area contributed by atoms with E-state index in [2.05, 4.69) is 15.6 Å². The first kappa shape index (κ1) is 25.5. The lowest BCUT2D eigenvalue weighted by Gasteiger charge is -2.17. The van der Waals surface area contributed by atoms with Crippen LogP contribution in [-0.2, 0) is 11.2 Å². The summed E-state index contributed by atoms with van der Waals surface area (Å²) in [5, 5.41) is 6.67. The maximum absolute atomic E-state index is 13.0. The Kier molecular flexibility index (Phi) is 8.20. The quantitative estimate of drug-likeness (QED) is 0.330. The van der Waals surface area contributed by atoms with Crippen LogP contribution < -0.4 is 24.8 Å². The standard InChI is InChI=1S/C29H29N3O5/c1-19(28(33)30-17-16-20-12-14-25(35-2)26(18-20)36-3)37-24-11-7-5-9-22(24)29(34)32-27-15-13-21-8-4-6-10-23(21)31-27/h4-15,18-19H,16-17H2,1-3H3,(H,30,33)(H,31,32,34)/t19-/m0/s1. The molecule has 0 radical (unpaired) electrons. The lowest BCUT2D eigenvalue weighted by atomic mass is 10.1. The monoisotopic (exact) mass is 499 g/mol. The Morgan fingerprint density at radius 3 is 2.43 bits per heavy atom. The third-order valence-electron chi connectivity index (χ3n) is 5.81. The molecule has 8 nitrogen and oxygen atoms in total. The average molecular weight is 500 g/mol. The number of hydrogen-bond acceptors (Lipinski definition) is 6. The zero-order chi connectivity index (χ0) is 26.2. The van der Waals surface area contributed by atoms with E-state index in [1.54, 1.807) is 51.5 Å². The van der Waals surface area contributed by atoms with Crippen LogP contribution in [0.25, 0.3) is 10.9 Å². The van der Waals surface area contributed by atoms with E-state index in [1.807, 2.05) is 48.5 Å². The second-order valence-electron chi connectivity index (χ2n) is 8.33. The number of aromatic nitrogens is 1. The van der Waals surface area contributed by atoms with Gasteiger partial charge in [0.25, 0.3) is 11.8 Å². The fourth-order valence-corrected chi connectivity index (χ4v) is 3.83. The molecule has 0 spiro atoms. The number of fused-ring (bicyclic) bond motifs is 1. The number of methoxy groups -OCH3 is 2. The molecule has 0 aliphatic carbocycles. The summed E-state index contributed by atoms with van der Waals surface area (Å²) in [6, 6.07) is 23.7. The fraction of sp³-hybridized carbons (Fsp3) is 0.207. The van der Waals surface area contributed by atoms with E-state index in [4.69, 9.17) is 14.2 Å². The van der Waals surface area contributed by atoms with E-state index in [1.165, 1.54) is 0 Å². The molecule has 1 heterocycles. The molecule has 0 unspecified atom stereocenters. The van der Waals surface area contributed by atoms with Crippen LogP contribution in [0.15, 0.2) is 78.9 Å². The molecular formula is C29H29N3O5. The Bertz CT molecular complexity index is 1410.